The monoisotopic (exact) mass is 375 g/mol. The fraction of sp³-hybridized carbons (Fsp3) is 0. The summed E-state index contributed by atoms with van der Waals surface area (Å²) in [6, 6.07) is 14.0. The molecule has 0 bridgehead atoms. The van der Waals surface area contributed by atoms with E-state index in [0.29, 0.717) is 27.1 Å². The summed E-state index contributed by atoms with van der Waals surface area (Å²) in [4.78, 5) is 16.4. The largest absolute Gasteiger partial charge is 0.355 e. The van der Waals surface area contributed by atoms with E-state index in [4.69, 9.17) is 23.2 Å². The molecular formula is C18H12Cl2FN3O. The van der Waals surface area contributed by atoms with Crippen LogP contribution < -0.4 is 10.6 Å². The Morgan fingerprint density at radius 2 is 1.80 bits per heavy atom. The zero-order chi connectivity index (χ0) is 17.8. The minimum Gasteiger partial charge on any atom is -0.355 e. The van der Waals surface area contributed by atoms with Crippen molar-refractivity contribution in [2.75, 3.05) is 10.6 Å². The van der Waals surface area contributed by atoms with Gasteiger partial charge >= 0.3 is 0 Å². The van der Waals surface area contributed by atoms with Crippen LogP contribution >= 0.6 is 23.2 Å². The van der Waals surface area contributed by atoms with E-state index >= 15 is 0 Å². The molecule has 1 heterocycles. The quantitative estimate of drug-likeness (QED) is 0.630. The van der Waals surface area contributed by atoms with E-state index in [-0.39, 0.29) is 11.5 Å². The first-order valence-corrected chi connectivity index (χ1v) is 8.02. The lowest BCUT2D eigenvalue weighted by molar-refractivity contribution is 0.102. The molecule has 0 saturated heterocycles. The van der Waals surface area contributed by atoms with Gasteiger partial charge in [-0.3, -0.25) is 9.78 Å². The zero-order valence-electron chi connectivity index (χ0n) is 12.8. The van der Waals surface area contributed by atoms with Crippen molar-refractivity contribution >= 4 is 46.2 Å². The van der Waals surface area contributed by atoms with E-state index in [0.717, 1.165) is 0 Å². The van der Waals surface area contributed by atoms with Gasteiger partial charge < -0.3 is 10.6 Å². The summed E-state index contributed by atoms with van der Waals surface area (Å²) < 4.78 is 13.2. The Morgan fingerprint density at radius 3 is 2.56 bits per heavy atom. The molecular weight excluding hydrogens is 364 g/mol. The molecule has 0 aliphatic carbocycles. The van der Waals surface area contributed by atoms with E-state index in [1.165, 1.54) is 24.4 Å². The number of anilines is 3. The molecule has 3 rings (SSSR count). The van der Waals surface area contributed by atoms with Crippen LogP contribution in [-0.4, -0.2) is 10.9 Å². The van der Waals surface area contributed by atoms with Crippen LogP contribution in [0.15, 0.2) is 60.8 Å². The van der Waals surface area contributed by atoms with Crippen molar-refractivity contribution in [3.05, 3.63) is 82.4 Å². The maximum Gasteiger partial charge on any atom is 0.274 e. The fourth-order valence-corrected chi connectivity index (χ4v) is 2.60. The van der Waals surface area contributed by atoms with Crippen molar-refractivity contribution in [1.82, 2.24) is 4.98 Å². The minimum atomic E-state index is -0.424. The van der Waals surface area contributed by atoms with Crippen molar-refractivity contribution in [2.24, 2.45) is 0 Å². The van der Waals surface area contributed by atoms with Gasteiger partial charge in [0.15, 0.2) is 0 Å². The van der Waals surface area contributed by atoms with Crippen molar-refractivity contribution in [2.45, 2.75) is 0 Å². The van der Waals surface area contributed by atoms with Gasteiger partial charge in [-0.15, -0.1) is 0 Å². The second kappa shape index (κ2) is 7.51. The molecule has 25 heavy (non-hydrogen) atoms. The lowest BCUT2D eigenvalue weighted by Crippen LogP contribution is -2.14. The van der Waals surface area contributed by atoms with Crippen LogP contribution in [0.5, 0.6) is 0 Å². The van der Waals surface area contributed by atoms with E-state index in [9.17, 15) is 9.18 Å². The molecule has 0 unspecified atom stereocenters. The topological polar surface area (TPSA) is 54.0 Å². The van der Waals surface area contributed by atoms with E-state index < -0.39 is 5.91 Å². The van der Waals surface area contributed by atoms with Crippen LogP contribution in [0.25, 0.3) is 0 Å². The molecule has 0 aliphatic rings. The number of benzene rings is 2. The second-order valence-corrected chi connectivity index (χ2v) is 5.99. The number of carbonyl (C=O) groups excluding carboxylic acids is 1. The van der Waals surface area contributed by atoms with Gasteiger partial charge in [0, 0.05) is 22.6 Å². The van der Waals surface area contributed by atoms with Gasteiger partial charge in [-0.1, -0.05) is 29.3 Å². The standard InChI is InChI=1S/C18H12Cl2FN3O/c19-11-4-5-16(15(20)8-11)24-18(25)17-10-14(6-7-22-17)23-13-3-1-2-12(21)9-13/h1-10H,(H,22,23)(H,24,25). The number of nitrogens with one attached hydrogen (secondary N) is 2. The normalized spacial score (nSPS) is 10.4. The molecule has 3 aromatic rings. The highest BCUT2D eigenvalue weighted by molar-refractivity contribution is 6.36. The maximum absolute atomic E-state index is 13.2. The number of amides is 1. The summed E-state index contributed by atoms with van der Waals surface area (Å²) >= 11 is 11.9. The zero-order valence-corrected chi connectivity index (χ0v) is 14.3. The van der Waals surface area contributed by atoms with Gasteiger partial charge in [-0.05, 0) is 48.5 Å². The van der Waals surface area contributed by atoms with E-state index in [1.807, 2.05) is 0 Å². The molecule has 2 aromatic carbocycles. The molecule has 4 nitrogen and oxygen atoms in total. The SMILES string of the molecule is O=C(Nc1ccc(Cl)cc1Cl)c1cc(Nc2cccc(F)c2)ccn1. The number of carbonyl (C=O) groups is 1. The highest BCUT2D eigenvalue weighted by Gasteiger charge is 2.11. The van der Waals surface area contributed by atoms with Gasteiger partial charge in [0.05, 0.1) is 10.7 Å². The van der Waals surface area contributed by atoms with Crippen LogP contribution in [0.2, 0.25) is 10.0 Å². The Labute approximate surface area is 153 Å². The van der Waals surface area contributed by atoms with E-state index in [1.54, 1.807) is 36.4 Å². The molecule has 0 radical (unpaired) electrons. The number of halogens is 3. The molecule has 126 valence electrons. The maximum atomic E-state index is 13.2. The molecule has 0 fully saturated rings. The summed E-state index contributed by atoms with van der Waals surface area (Å²) in [6.45, 7) is 0. The van der Waals surface area contributed by atoms with Crippen molar-refractivity contribution in [3.63, 3.8) is 0 Å². The highest BCUT2D eigenvalue weighted by atomic mass is 35.5. The summed E-state index contributed by atoms with van der Waals surface area (Å²) in [5.74, 6) is -0.776. The lowest BCUT2D eigenvalue weighted by atomic mass is 10.2. The summed E-state index contributed by atoms with van der Waals surface area (Å²) in [6.07, 6.45) is 1.49. The number of nitrogens with zero attached hydrogens (tertiary/aromatic N) is 1. The molecule has 0 aliphatic heterocycles. The average molecular weight is 376 g/mol. The molecule has 0 atom stereocenters. The third-order valence-electron chi connectivity index (χ3n) is 3.29. The van der Waals surface area contributed by atoms with Crippen LogP contribution in [0.4, 0.5) is 21.5 Å². The number of hydrogen-bond donors (Lipinski definition) is 2. The summed E-state index contributed by atoms with van der Waals surface area (Å²) in [5, 5.41) is 6.50. The average Bonchev–Trinajstić information content (AvgIpc) is 2.57. The van der Waals surface area contributed by atoms with Crippen molar-refractivity contribution < 1.29 is 9.18 Å². The molecule has 7 heteroatoms. The second-order valence-electron chi connectivity index (χ2n) is 5.14. The third kappa shape index (κ3) is 4.47. The Balaban J connectivity index is 1.77. The molecule has 0 saturated carbocycles. The molecule has 1 aromatic heterocycles. The number of rotatable bonds is 4. The van der Waals surface area contributed by atoms with Crippen LogP contribution in [0.3, 0.4) is 0 Å². The van der Waals surface area contributed by atoms with Gasteiger partial charge in [0.2, 0.25) is 0 Å². The number of hydrogen-bond acceptors (Lipinski definition) is 3. The third-order valence-corrected chi connectivity index (χ3v) is 3.83. The van der Waals surface area contributed by atoms with Crippen LogP contribution in [0, 0.1) is 5.82 Å². The first-order chi connectivity index (χ1) is 12.0. The molecule has 1 amide bonds. The minimum absolute atomic E-state index is 0.187. The van der Waals surface area contributed by atoms with Gasteiger partial charge in [0.1, 0.15) is 11.5 Å². The molecule has 0 spiro atoms. The predicted octanol–water partition coefficient (Wildman–Crippen LogP) is 5.52. The first kappa shape index (κ1) is 17.2. The Bertz CT molecular complexity index is 934. The number of pyridine rings is 1. The van der Waals surface area contributed by atoms with Crippen LogP contribution in [0.1, 0.15) is 10.5 Å². The smallest absolute Gasteiger partial charge is 0.274 e. The van der Waals surface area contributed by atoms with Crippen molar-refractivity contribution in [1.29, 1.82) is 0 Å². The van der Waals surface area contributed by atoms with Gasteiger partial charge in [-0.2, -0.15) is 0 Å². The van der Waals surface area contributed by atoms with Gasteiger partial charge in [-0.25, -0.2) is 4.39 Å². The Kier molecular flexibility index (Phi) is 5.16. The Morgan fingerprint density at radius 1 is 1.00 bits per heavy atom. The summed E-state index contributed by atoms with van der Waals surface area (Å²) in [7, 11) is 0. The highest BCUT2D eigenvalue weighted by Crippen LogP contribution is 2.26. The van der Waals surface area contributed by atoms with Gasteiger partial charge in [0.25, 0.3) is 5.91 Å². The lowest BCUT2D eigenvalue weighted by Gasteiger charge is -2.09. The number of aromatic nitrogens is 1. The fourth-order valence-electron chi connectivity index (χ4n) is 2.14. The van der Waals surface area contributed by atoms with E-state index in [2.05, 4.69) is 15.6 Å². The molecule has 2 N–H and O–H groups in total. The summed E-state index contributed by atoms with van der Waals surface area (Å²) in [5.41, 5.74) is 1.79. The first-order valence-electron chi connectivity index (χ1n) is 7.26. The predicted molar refractivity (Wildman–Crippen MR) is 98.3 cm³/mol. The van der Waals surface area contributed by atoms with Crippen LogP contribution in [-0.2, 0) is 0 Å². The van der Waals surface area contributed by atoms with Crippen molar-refractivity contribution in [3.8, 4) is 0 Å². The Hall–Kier alpha value is -2.63.